The molecule has 1 saturated carbocycles. The van der Waals surface area contributed by atoms with E-state index < -0.39 is 0 Å². The Morgan fingerprint density at radius 1 is 1.19 bits per heavy atom. The van der Waals surface area contributed by atoms with Gasteiger partial charge in [0.2, 0.25) is 0 Å². The second kappa shape index (κ2) is 8.02. The van der Waals surface area contributed by atoms with E-state index in [0.717, 1.165) is 13.0 Å². The van der Waals surface area contributed by atoms with Gasteiger partial charge in [-0.25, -0.2) is 0 Å². The van der Waals surface area contributed by atoms with Crippen molar-refractivity contribution in [3.05, 3.63) is 29.8 Å². The molecular weight excluding hydrogens is 286 g/mol. The number of ether oxygens (including phenoxy) is 1. The molecule has 21 heavy (non-hydrogen) atoms. The van der Waals surface area contributed by atoms with E-state index in [0.29, 0.717) is 19.3 Å². The van der Waals surface area contributed by atoms with Crippen molar-refractivity contribution in [3.63, 3.8) is 0 Å². The van der Waals surface area contributed by atoms with Crippen molar-refractivity contribution in [2.24, 2.45) is 0 Å². The first-order chi connectivity index (χ1) is 9.83. The molecule has 0 aromatic heterocycles. The van der Waals surface area contributed by atoms with E-state index in [2.05, 4.69) is 29.2 Å². The largest absolute Gasteiger partial charge is 0.389 e. The number of aliphatic hydroxyl groups excluding tert-OH is 1. The summed E-state index contributed by atoms with van der Waals surface area (Å²) in [6.45, 7) is 2.17. The lowest BCUT2D eigenvalue weighted by atomic mass is 9.98. The number of rotatable bonds is 5. The van der Waals surface area contributed by atoms with Gasteiger partial charge in [0.05, 0.1) is 18.8 Å². The van der Waals surface area contributed by atoms with Crippen LogP contribution in [0, 0.1) is 0 Å². The third-order valence-electron chi connectivity index (χ3n) is 4.49. The standard InChI is InChI=1S/C17H25NO2.ClH/c19-15(13-20-16-7-2-1-3-8-16)12-18-11-10-14-6-4-5-9-17(14)18;/h4-6,9,15-16,19H,1-3,7-8,10-13H2;1H. The van der Waals surface area contributed by atoms with Gasteiger partial charge in [-0.1, -0.05) is 37.5 Å². The molecule has 1 aromatic carbocycles. The first-order valence-electron chi connectivity index (χ1n) is 7.95. The van der Waals surface area contributed by atoms with E-state index in [1.54, 1.807) is 0 Å². The summed E-state index contributed by atoms with van der Waals surface area (Å²) < 4.78 is 5.87. The van der Waals surface area contributed by atoms with Crippen LogP contribution in [0.2, 0.25) is 0 Å². The van der Waals surface area contributed by atoms with Crippen molar-refractivity contribution < 1.29 is 9.84 Å². The van der Waals surface area contributed by atoms with Gasteiger partial charge in [-0.2, -0.15) is 0 Å². The monoisotopic (exact) mass is 311 g/mol. The molecule has 0 saturated heterocycles. The molecule has 3 rings (SSSR count). The van der Waals surface area contributed by atoms with Crippen molar-refractivity contribution in [2.45, 2.75) is 50.7 Å². The van der Waals surface area contributed by atoms with E-state index in [1.807, 2.05) is 0 Å². The number of hydrogen-bond acceptors (Lipinski definition) is 3. The highest BCUT2D eigenvalue weighted by molar-refractivity contribution is 5.85. The Labute approximate surface area is 133 Å². The number of anilines is 1. The van der Waals surface area contributed by atoms with Gasteiger partial charge in [0.25, 0.3) is 0 Å². The van der Waals surface area contributed by atoms with E-state index in [4.69, 9.17) is 4.74 Å². The Morgan fingerprint density at radius 2 is 1.95 bits per heavy atom. The Hall–Kier alpha value is -0.770. The molecule has 118 valence electrons. The number of para-hydroxylation sites is 1. The fourth-order valence-electron chi connectivity index (χ4n) is 3.38. The second-order valence-electron chi connectivity index (χ2n) is 6.07. The van der Waals surface area contributed by atoms with Crippen LogP contribution in [0.25, 0.3) is 0 Å². The number of halogens is 1. The molecule has 1 aliphatic carbocycles. The van der Waals surface area contributed by atoms with Crippen LogP contribution in [0.3, 0.4) is 0 Å². The summed E-state index contributed by atoms with van der Waals surface area (Å²) in [5, 5.41) is 10.2. The van der Waals surface area contributed by atoms with Crippen LogP contribution in [-0.4, -0.2) is 37.0 Å². The van der Waals surface area contributed by atoms with Crippen LogP contribution in [-0.2, 0) is 11.2 Å². The van der Waals surface area contributed by atoms with Crippen LogP contribution in [0.15, 0.2) is 24.3 Å². The van der Waals surface area contributed by atoms with E-state index >= 15 is 0 Å². The Bertz CT molecular complexity index is 435. The SMILES string of the molecule is Cl.OC(COC1CCCCC1)CN1CCc2ccccc21. The quantitative estimate of drug-likeness (QED) is 0.906. The van der Waals surface area contributed by atoms with Crippen LogP contribution in [0.4, 0.5) is 5.69 Å². The first-order valence-corrected chi connectivity index (χ1v) is 7.95. The molecule has 1 aliphatic heterocycles. The normalized spacial score (nSPS) is 20.0. The summed E-state index contributed by atoms with van der Waals surface area (Å²) >= 11 is 0. The fraction of sp³-hybridized carbons (Fsp3) is 0.647. The molecule has 0 bridgehead atoms. The number of fused-ring (bicyclic) bond motifs is 1. The Balaban J connectivity index is 0.00000161. The predicted molar refractivity (Wildman–Crippen MR) is 88.4 cm³/mol. The number of nitrogens with zero attached hydrogens (tertiary/aromatic N) is 1. The zero-order chi connectivity index (χ0) is 13.8. The van der Waals surface area contributed by atoms with Gasteiger partial charge in [0.15, 0.2) is 0 Å². The van der Waals surface area contributed by atoms with Crippen LogP contribution < -0.4 is 4.90 Å². The highest BCUT2D eigenvalue weighted by atomic mass is 35.5. The molecule has 2 aliphatic rings. The molecule has 1 unspecified atom stereocenters. The zero-order valence-corrected chi connectivity index (χ0v) is 13.4. The minimum absolute atomic E-state index is 0. The highest BCUT2D eigenvalue weighted by Crippen LogP contribution is 2.27. The topological polar surface area (TPSA) is 32.7 Å². The summed E-state index contributed by atoms with van der Waals surface area (Å²) in [6.07, 6.45) is 7.31. The molecule has 1 atom stereocenters. The van der Waals surface area contributed by atoms with Gasteiger partial charge < -0.3 is 14.7 Å². The van der Waals surface area contributed by atoms with Gasteiger partial charge in [0.1, 0.15) is 0 Å². The smallest absolute Gasteiger partial charge is 0.0948 e. The van der Waals surface area contributed by atoms with Crippen molar-refractivity contribution in [2.75, 3.05) is 24.6 Å². The Kier molecular flexibility index (Phi) is 6.34. The van der Waals surface area contributed by atoms with E-state index in [-0.39, 0.29) is 18.5 Å². The van der Waals surface area contributed by atoms with E-state index in [1.165, 1.54) is 43.4 Å². The first kappa shape index (κ1) is 16.6. The minimum Gasteiger partial charge on any atom is -0.389 e. The maximum atomic E-state index is 10.2. The number of aliphatic hydroxyl groups is 1. The molecule has 1 fully saturated rings. The lowest BCUT2D eigenvalue weighted by Gasteiger charge is -2.26. The van der Waals surface area contributed by atoms with Crippen LogP contribution >= 0.6 is 12.4 Å². The van der Waals surface area contributed by atoms with Crippen LogP contribution in [0.5, 0.6) is 0 Å². The summed E-state index contributed by atoms with van der Waals surface area (Å²) in [5.74, 6) is 0. The molecular formula is C17H26ClNO2. The van der Waals surface area contributed by atoms with Gasteiger partial charge in [0, 0.05) is 18.8 Å². The van der Waals surface area contributed by atoms with Gasteiger partial charge >= 0.3 is 0 Å². The summed E-state index contributed by atoms with van der Waals surface area (Å²) in [5.41, 5.74) is 2.68. The molecule has 1 heterocycles. The minimum atomic E-state index is -0.386. The molecule has 1 N–H and O–H groups in total. The molecule has 0 radical (unpaired) electrons. The third-order valence-corrected chi connectivity index (χ3v) is 4.49. The number of benzene rings is 1. The number of hydrogen-bond donors (Lipinski definition) is 1. The molecule has 4 heteroatoms. The highest BCUT2D eigenvalue weighted by Gasteiger charge is 2.22. The van der Waals surface area contributed by atoms with Crippen molar-refractivity contribution in [3.8, 4) is 0 Å². The van der Waals surface area contributed by atoms with E-state index in [9.17, 15) is 5.11 Å². The second-order valence-corrected chi connectivity index (χ2v) is 6.07. The van der Waals surface area contributed by atoms with Gasteiger partial charge in [-0.3, -0.25) is 0 Å². The average molecular weight is 312 g/mol. The lowest BCUT2D eigenvalue weighted by Crippen LogP contribution is -2.35. The van der Waals surface area contributed by atoms with Gasteiger partial charge in [-0.15, -0.1) is 12.4 Å². The molecule has 3 nitrogen and oxygen atoms in total. The molecule has 1 aromatic rings. The average Bonchev–Trinajstić information content (AvgIpc) is 2.90. The van der Waals surface area contributed by atoms with Crippen molar-refractivity contribution >= 4 is 18.1 Å². The molecule has 0 spiro atoms. The summed E-state index contributed by atoms with van der Waals surface area (Å²) in [6, 6.07) is 8.49. The zero-order valence-electron chi connectivity index (χ0n) is 12.5. The van der Waals surface area contributed by atoms with Crippen LogP contribution in [0.1, 0.15) is 37.7 Å². The summed E-state index contributed by atoms with van der Waals surface area (Å²) in [4.78, 5) is 2.28. The fourth-order valence-corrected chi connectivity index (χ4v) is 3.38. The number of β-amino-alcohol motifs (C(OH)–C–C–N with tert-alkyl or cyclic N) is 1. The maximum absolute atomic E-state index is 10.2. The summed E-state index contributed by atoms with van der Waals surface area (Å²) in [7, 11) is 0. The van der Waals surface area contributed by atoms with Crippen molar-refractivity contribution in [1.82, 2.24) is 0 Å². The van der Waals surface area contributed by atoms with Gasteiger partial charge in [-0.05, 0) is 30.9 Å². The predicted octanol–water partition coefficient (Wildman–Crippen LogP) is 3.18. The molecule has 0 amide bonds. The van der Waals surface area contributed by atoms with Crippen molar-refractivity contribution in [1.29, 1.82) is 0 Å². The maximum Gasteiger partial charge on any atom is 0.0948 e. The lowest BCUT2D eigenvalue weighted by molar-refractivity contribution is -0.0210. The Morgan fingerprint density at radius 3 is 2.76 bits per heavy atom. The third kappa shape index (κ3) is 4.35.